The van der Waals surface area contributed by atoms with Crippen molar-refractivity contribution in [1.29, 1.82) is 0 Å². The van der Waals surface area contributed by atoms with Crippen LogP contribution in [0.1, 0.15) is 29.0 Å². The topological polar surface area (TPSA) is 32.3 Å². The summed E-state index contributed by atoms with van der Waals surface area (Å²) >= 11 is 3.41. The Hall–Kier alpha value is -1.85. The summed E-state index contributed by atoms with van der Waals surface area (Å²) in [6, 6.07) is 8.32. The third kappa shape index (κ3) is 3.12. The molecule has 4 rings (SSSR count). The second kappa shape index (κ2) is 6.34. The van der Waals surface area contributed by atoms with E-state index in [0.717, 1.165) is 34.1 Å². The van der Waals surface area contributed by atoms with Crippen molar-refractivity contribution in [2.45, 2.75) is 19.3 Å². The van der Waals surface area contributed by atoms with Crippen LogP contribution in [0.5, 0.6) is 0 Å². The van der Waals surface area contributed by atoms with Crippen LogP contribution in [0.15, 0.2) is 41.3 Å². The third-order valence-corrected chi connectivity index (χ3v) is 6.17. The Morgan fingerprint density at radius 3 is 2.78 bits per heavy atom. The number of nitrogens with zero attached hydrogens (tertiary/aromatic N) is 1. The maximum Gasteiger partial charge on any atom is 0.255 e. The minimum absolute atomic E-state index is 0.0127. The SMILES string of the molecule is O=C1NC(c2cccs2)=CC1=Cc1ccc(N2CCCCC2)s1. The Morgan fingerprint density at radius 1 is 1.13 bits per heavy atom. The number of carbonyl (C=O) groups excluding carboxylic acids is 1. The monoisotopic (exact) mass is 342 g/mol. The van der Waals surface area contributed by atoms with Crippen molar-refractivity contribution in [1.82, 2.24) is 5.32 Å². The number of nitrogens with one attached hydrogen (secondary N) is 1. The minimum atomic E-state index is -0.0127. The largest absolute Gasteiger partial charge is 0.363 e. The summed E-state index contributed by atoms with van der Waals surface area (Å²) in [5, 5.41) is 6.29. The average molecular weight is 342 g/mol. The van der Waals surface area contributed by atoms with Crippen LogP contribution in [0, 0.1) is 0 Å². The molecule has 0 radical (unpaired) electrons. The number of hydrogen-bond donors (Lipinski definition) is 1. The lowest BCUT2D eigenvalue weighted by atomic mass is 10.1. The van der Waals surface area contributed by atoms with Gasteiger partial charge in [0.25, 0.3) is 5.91 Å². The molecule has 1 amide bonds. The highest BCUT2D eigenvalue weighted by Gasteiger charge is 2.20. The van der Waals surface area contributed by atoms with Crippen LogP contribution in [-0.4, -0.2) is 19.0 Å². The predicted molar refractivity (Wildman–Crippen MR) is 98.8 cm³/mol. The van der Waals surface area contributed by atoms with E-state index in [1.165, 1.54) is 24.3 Å². The smallest absolute Gasteiger partial charge is 0.255 e. The maximum atomic E-state index is 12.2. The number of anilines is 1. The minimum Gasteiger partial charge on any atom is -0.363 e. The van der Waals surface area contributed by atoms with Crippen LogP contribution < -0.4 is 10.2 Å². The highest BCUT2D eigenvalue weighted by Crippen LogP contribution is 2.31. The van der Waals surface area contributed by atoms with Crippen molar-refractivity contribution < 1.29 is 4.79 Å². The zero-order chi connectivity index (χ0) is 15.6. The Bertz CT molecular complexity index is 765. The summed E-state index contributed by atoms with van der Waals surface area (Å²) in [6.07, 6.45) is 7.85. The molecule has 1 fully saturated rings. The third-order valence-electron chi connectivity index (χ3n) is 4.17. The summed E-state index contributed by atoms with van der Waals surface area (Å²) < 4.78 is 0. The standard InChI is InChI=1S/C18H18N2OS2/c21-18-13(12-15(19-18)16-5-4-10-22-16)11-14-6-7-17(23-14)20-8-2-1-3-9-20/h4-7,10-12H,1-3,8-9H2,(H,19,21). The van der Waals surface area contributed by atoms with Gasteiger partial charge in [0.05, 0.1) is 15.6 Å². The number of carbonyl (C=O) groups is 1. The normalized spacial score (nSPS) is 20.0. The highest BCUT2D eigenvalue weighted by atomic mass is 32.1. The van der Waals surface area contributed by atoms with E-state index in [1.807, 2.05) is 29.7 Å². The molecule has 23 heavy (non-hydrogen) atoms. The molecule has 0 bridgehead atoms. The molecule has 3 nitrogen and oxygen atoms in total. The molecule has 2 aromatic rings. The molecule has 118 valence electrons. The van der Waals surface area contributed by atoms with E-state index in [1.54, 1.807) is 22.7 Å². The van der Waals surface area contributed by atoms with Crippen LogP contribution in [0.2, 0.25) is 0 Å². The lowest BCUT2D eigenvalue weighted by molar-refractivity contribution is -0.115. The molecule has 0 atom stereocenters. The quantitative estimate of drug-likeness (QED) is 0.841. The van der Waals surface area contributed by atoms with Gasteiger partial charge < -0.3 is 10.2 Å². The number of amides is 1. The first-order chi connectivity index (χ1) is 11.3. The first-order valence-corrected chi connectivity index (χ1v) is 9.63. The van der Waals surface area contributed by atoms with E-state index < -0.39 is 0 Å². The Labute approximate surface area is 143 Å². The van der Waals surface area contributed by atoms with Gasteiger partial charge in [-0.05, 0) is 55.0 Å². The molecule has 2 aliphatic heterocycles. The van der Waals surface area contributed by atoms with Crippen LogP contribution >= 0.6 is 22.7 Å². The van der Waals surface area contributed by atoms with Gasteiger partial charge in [0.15, 0.2) is 0 Å². The summed E-state index contributed by atoms with van der Waals surface area (Å²) in [6.45, 7) is 2.30. The van der Waals surface area contributed by atoms with Crippen molar-refractivity contribution in [2.75, 3.05) is 18.0 Å². The zero-order valence-electron chi connectivity index (χ0n) is 12.7. The number of rotatable bonds is 3. The molecule has 0 aromatic carbocycles. The number of piperidine rings is 1. The van der Waals surface area contributed by atoms with E-state index in [-0.39, 0.29) is 5.91 Å². The zero-order valence-corrected chi connectivity index (χ0v) is 14.4. The molecule has 0 unspecified atom stereocenters. The van der Waals surface area contributed by atoms with Gasteiger partial charge in [-0.3, -0.25) is 4.79 Å². The first kappa shape index (κ1) is 14.7. The summed E-state index contributed by atoms with van der Waals surface area (Å²) in [5.41, 5.74) is 1.64. The van der Waals surface area contributed by atoms with Crippen LogP contribution in [0.4, 0.5) is 5.00 Å². The molecule has 2 aromatic heterocycles. The summed E-state index contributed by atoms with van der Waals surface area (Å²) in [5.74, 6) is -0.0127. The fraction of sp³-hybridized carbons (Fsp3) is 0.278. The fourth-order valence-electron chi connectivity index (χ4n) is 2.98. The average Bonchev–Trinajstić information content (AvgIpc) is 3.31. The molecule has 4 heterocycles. The molecule has 5 heteroatoms. The Balaban J connectivity index is 1.55. The summed E-state index contributed by atoms with van der Waals surface area (Å²) in [4.78, 5) is 16.9. The second-order valence-corrected chi connectivity index (χ2v) is 7.85. The fourth-order valence-corrected chi connectivity index (χ4v) is 4.69. The van der Waals surface area contributed by atoms with Gasteiger partial charge in [0.1, 0.15) is 0 Å². The molecular weight excluding hydrogens is 324 g/mol. The first-order valence-electron chi connectivity index (χ1n) is 7.93. The molecule has 0 aliphatic carbocycles. The van der Waals surface area contributed by atoms with Gasteiger partial charge in [-0.2, -0.15) is 0 Å². The van der Waals surface area contributed by atoms with Gasteiger partial charge in [0, 0.05) is 23.5 Å². The molecular formula is C18H18N2OS2. The molecule has 1 saturated heterocycles. The van der Waals surface area contributed by atoms with Gasteiger partial charge in [0.2, 0.25) is 0 Å². The van der Waals surface area contributed by atoms with Gasteiger partial charge >= 0.3 is 0 Å². The van der Waals surface area contributed by atoms with E-state index in [2.05, 4.69) is 22.3 Å². The Kier molecular flexibility index (Phi) is 4.06. The lowest BCUT2D eigenvalue weighted by Crippen LogP contribution is -2.28. The van der Waals surface area contributed by atoms with Crippen LogP contribution in [0.3, 0.4) is 0 Å². The van der Waals surface area contributed by atoms with Crippen molar-refractivity contribution in [3.05, 3.63) is 51.0 Å². The van der Waals surface area contributed by atoms with E-state index >= 15 is 0 Å². The van der Waals surface area contributed by atoms with Crippen molar-refractivity contribution >= 4 is 45.4 Å². The van der Waals surface area contributed by atoms with Crippen LogP contribution in [-0.2, 0) is 4.79 Å². The van der Waals surface area contributed by atoms with Crippen LogP contribution in [0.25, 0.3) is 11.8 Å². The molecule has 0 spiro atoms. The van der Waals surface area contributed by atoms with E-state index in [0.29, 0.717) is 0 Å². The van der Waals surface area contributed by atoms with E-state index in [4.69, 9.17) is 0 Å². The maximum absolute atomic E-state index is 12.2. The van der Waals surface area contributed by atoms with Gasteiger partial charge in [-0.15, -0.1) is 22.7 Å². The molecule has 0 saturated carbocycles. The lowest BCUT2D eigenvalue weighted by Gasteiger charge is -2.27. The van der Waals surface area contributed by atoms with Crippen molar-refractivity contribution in [2.24, 2.45) is 0 Å². The molecule has 2 aliphatic rings. The highest BCUT2D eigenvalue weighted by molar-refractivity contribution is 7.17. The molecule has 1 N–H and O–H groups in total. The Morgan fingerprint density at radius 2 is 2.00 bits per heavy atom. The number of hydrogen-bond acceptors (Lipinski definition) is 4. The van der Waals surface area contributed by atoms with Gasteiger partial charge in [-0.1, -0.05) is 6.07 Å². The van der Waals surface area contributed by atoms with Crippen molar-refractivity contribution in [3.8, 4) is 0 Å². The predicted octanol–water partition coefficient (Wildman–Crippen LogP) is 4.35. The van der Waals surface area contributed by atoms with Crippen molar-refractivity contribution in [3.63, 3.8) is 0 Å². The number of thiophene rings is 2. The summed E-state index contributed by atoms with van der Waals surface area (Å²) in [7, 11) is 0. The van der Waals surface area contributed by atoms with E-state index in [9.17, 15) is 4.79 Å². The van der Waals surface area contributed by atoms with Gasteiger partial charge in [-0.25, -0.2) is 0 Å². The second-order valence-electron chi connectivity index (χ2n) is 5.81.